The molecular weight excluding hydrogens is 400 g/mol. The lowest BCUT2D eigenvalue weighted by molar-refractivity contribution is 0.818. The van der Waals surface area contributed by atoms with Crippen molar-refractivity contribution in [1.29, 1.82) is 0 Å². The lowest BCUT2D eigenvalue weighted by Gasteiger charge is -2.09. The highest BCUT2D eigenvalue weighted by Gasteiger charge is 2.22. The fraction of sp³-hybridized carbons (Fsp3) is 0.0909. The predicted molar refractivity (Wildman–Crippen MR) is 110 cm³/mol. The van der Waals surface area contributed by atoms with Gasteiger partial charge >= 0.3 is 0 Å². The predicted octanol–water partition coefficient (Wildman–Crippen LogP) is 5.99. The van der Waals surface area contributed by atoms with Gasteiger partial charge in [-0.25, -0.2) is 9.83 Å². The van der Waals surface area contributed by atoms with Crippen molar-refractivity contribution in [3.63, 3.8) is 0 Å². The molecule has 0 atom stereocenters. The van der Waals surface area contributed by atoms with E-state index < -0.39 is 0 Å². The van der Waals surface area contributed by atoms with Crippen molar-refractivity contribution in [3.05, 3.63) is 88.1 Å². The van der Waals surface area contributed by atoms with E-state index in [0.717, 1.165) is 39.4 Å². The van der Waals surface area contributed by atoms with E-state index in [1.165, 1.54) is 11.3 Å². The second-order valence-corrected chi connectivity index (χ2v) is 7.67. The van der Waals surface area contributed by atoms with Crippen molar-refractivity contribution >= 4 is 21.6 Å². The molecule has 5 heteroatoms. The number of fused-ring (bicyclic) bond motifs is 5. The van der Waals surface area contributed by atoms with Gasteiger partial charge in [-0.15, -0.1) is 0 Å². The van der Waals surface area contributed by atoms with Crippen LogP contribution >= 0.6 is 15.9 Å². The van der Waals surface area contributed by atoms with Crippen molar-refractivity contribution in [1.82, 2.24) is 14.1 Å². The molecule has 3 heterocycles. The van der Waals surface area contributed by atoms with Crippen LogP contribution in [0.25, 0.3) is 33.2 Å². The van der Waals surface area contributed by atoms with E-state index >= 15 is 0 Å². The minimum absolute atomic E-state index is 0.657. The maximum absolute atomic E-state index is 7.13. The molecule has 5 rings (SSSR count). The summed E-state index contributed by atoms with van der Waals surface area (Å²) in [4.78, 5) is 8.27. The topological polar surface area (TPSA) is 27.1 Å². The lowest BCUT2D eigenvalue weighted by atomic mass is 10.1. The third-order valence-electron chi connectivity index (χ3n) is 4.92. The Balaban J connectivity index is 1.71. The van der Waals surface area contributed by atoms with Crippen LogP contribution in [0.4, 0.5) is 5.69 Å². The molecule has 0 radical (unpaired) electrons. The molecule has 0 unspecified atom stereocenters. The fourth-order valence-corrected chi connectivity index (χ4v) is 4.08. The first kappa shape index (κ1) is 16.1. The van der Waals surface area contributed by atoms with Crippen LogP contribution in [-0.4, -0.2) is 14.1 Å². The van der Waals surface area contributed by atoms with Gasteiger partial charge in [-0.05, 0) is 42.3 Å². The molecule has 0 N–H and O–H groups in total. The summed E-state index contributed by atoms with van der Waals surface area (Å²) < 4.78 is 5.52. The van der Waals surface area contributed by atoms with Gasteiger partial charge in [0, 0.05) is 29.0 Å². The summed E-state index contributed by atoms with van der Waals surface area (Å²) in [5.74, 6) is 0.956. The van der Waals surface area contributed by atoms with Crippen LogP contribution in [0.2, 0.25) is 0 Å². The second-order valence-electron chi connectivity index (χ2n) is 6.75. The number of aryl methyl sites for hydroxylation is 1. The van der Waals surface area contributed by atoms with E-state index in [-0.39, 0.29) is 0 Å². The maximum atomic E-state index is 7.13. The molecule has 4 nitrogen and oxygen atoms in total. The molecule has 2 aromatic carbocycles. The monoisotopic (exact) mass is 414 g/mol. The van der Waals surface area contributed by atoms with Gasteiger partial charge in [0.05, 0.1) is 23.6 Å². The number of imidazole rings is 1. The quantitative estimate of drug-likeness (QED) is 0.309. The number of benzene rings is 2. The van der Waals surface area contributed by atoms with Crippen molar-refractivity contribution in [2.45, 2.75) is 13.5 Å². The summed E-state index contributed by atoms with van der Waals surface area (Å²) in [6.07, 6.45) is 4.27. The Bertz CT molecular complexity index is 1220. The van der Waals surface area contributed by atoms with Gasteiger partial charge in [-0.1, -0.05) is 40.2 Å². The fourth-order valence-electron chi connectivity index (χ4n) is 3.68. The van der Waals surface area contributed by atoms with Crippen LogP contribution in [0.5, 0.6) is 0 Å². The first-order valence-electron chi connectivity index (χ1n) is 8.65. The largest absolute Gasteiger partial charge is 0.340 e. The van der Waals surface area contributed by atoms with E-state index in [4.69, 9.17) is 11.6 Å². The number of rotatable bonds is 1. The van der Waals surface area contributed by atoms with Crippen molar-refractivity contribution in [2.24, 2.45) is 0 Å². The minimum Gasteiger partial charge on any atom is -0.340 e. The smallest absolute Gasteiger partial charge is 0.187 e. The zero-order chi connectivity index (χ0) is 18.5. The van der Waals surface area contributed by atoms with E-state index in [9.17, 15) is 0 Å². The van der Waals surface area contributed by atoms with E-state index in [1.807, 2.05) is 31.2 Å². The van der Waals surface area contributed by atoms with Gasteiger partial charge in [-0.3, -0.25) is 4.57 Å². The Morgan fingerprint density at radius 2 is 1.85 bits per heavy atom. The van der Waals surface area contributed by atoms with Gasteiger partial charge in [0.25, 0.3) is 0 Å². The Morgan fingerprint density at radius 1 is 1.04 bits per heavy atom. The molecule has 0 saturated carbocycles. The standard InChI is InChI=1S/C22H15BrN4/c1-14-11-27-20-8-5-18(23)9-17(20)13-26-12-16(10-21(26)22(27)25-14)15-3-6-19(24-2)7-4-15/h3-12H,13H2,1H3. The average Bonchev–Trinajstić information content (AvgIpc) is 3.23. The van der Waals surface area contributed by atoms with E-state index in [0.29, 0.717) is 5.69 Å². The third kappa shape index (κ3) is 2.61. The summed E-state index contributed by atoms with van der Waals surface area (Å²) in [6.45, 7) is 9.93. The zero-order valence-corrected chi connectivity index (χ0v) is 16.2. The highest BCUT2D eigenvalue weighted by Crippen LogP contribution is 2.35. The number of hydrogen-bond acceptors (Lipinski definition) is 1. The molecule has 1 aliphatic heterocycles. The summed E-state index contributed by atoms with van der Waals surface area (Å²) >= 11 is 3.60. The average molecular weight is 415 g/mol. The number of halogens is 1. The summed E-state index contributed by atoms with van der Waals surface area (Å²) in [5.41, 5.74) is 7.40. The number of nitrogens with zero attached hydrogens (tertiary/aromatic N) is 4. The molecule has 0 fully saturated rings. The van der Waals surface area contributed by atoms with Gasteiger partial charge < -0.3 is 4.57 Å². The molecule has 130 valence electrons. The molecule has 4 aromatic rings. The first-order valence-corrected chi connectivity index (χ1v) is 9.45. The van der Waals surface area contributed by atoms with Crippen LogP contribution in [0.15, 0.2) is 65.4 Å². The van der Waals surface area contributed by atoms with Crippen LogP contribution < -0.4 is 0 Å². The summed E-state index contributed by atoms with van der Waals surface area (Å²) in [7, 11) is 0. The van der Waals surface area contributed by atoms with Crippen LogP contribution in [-0.2, 0) is 6.54 Å². The highest BCUT2D eigenvalue weighted by molar-refractivity contribution is 9.10. The lowest BCUT2D eigenvalue weighted by Crippen LogP contribution is -1.99. The molecule has 0 spiro atoms. The van der Waals surface area contributed by atoms with E-state index in [2.05, 4.69) is 66.6 Å². The molecule has 0 bridgehead atoms. The van der Waals surface area contributed by atoms with Crippen molar-refractivity contribution in [2.75, 3.05) is 0 Å². The van der Waals surface area contributed by atoms with Crippen LogP contribution in [0.3, 0.4) is 0 Å². The van der Waals surface area contributed by atoms with E-state index in [1.54, 1.807) is 0 Å². The molecule has 0 saturated heterocycles. The second kappa shape index (κ2) is 5.97. The molecule has 0 amide bonds. The molecule has 0 aliphatic carbocycles. The Kier molecular flexibility index (Phi) is 3.56. The Morgan fingerprint density at radius 3 is 2.63 bits per heavy atom. The number of hydrogen-bond donors (Lipinski definition) is 0. The SMILES string of the molecule is [C-]#[N+]c1ccc(-c2cc3n(c2)Cc2cc(Br)ccc2-n2cc(C)nc2-3)cc1. The minimum atomic E-state index is 0.657. The third-order valence-corrected chi connectivity index (χ3v) is 5.42. The molecule has 2 aromatic heterocycles. The molecular formula is C22H15BrN4. The number of aromatic nitrogens is 3. The van der Waals surface area contributed by atoms with Crippen molar-refractivity contribution < 1.29 is 0 Å². The molecule has 1 aliphatic rings. The normalized spacial score (nSPS) is 11.9. The van der Waals surface area contributed by atoms with Gasteiger partial charge in [0.2, 0.25) is 0 Å². The summed E-state index contributed by atoms with van der Waals surface area (Å²) in [6, 6.07) is 16.3. The van der Waals surface area contributed by atoms with Gasteiger partial charge in [-0.2, -0.15) is 0 Å². The van der Waals surface area contributed by atoms with Crippen molar-refractivity contribution in [3.8, 4) is 28.3 Å². The first-order chi connectivity index (χ1) is 13.1. The highest BCUT2D eigenvalue weighted by atomic mass is 79.9. The maximum Gasteiger partial charge on any atom is 0.187 e. The Labute approximate surface area is 165 Å². The van der Waals surface area contributed by atoms with Gasteiger partial charge in [0.15, 0.2) is 11.5 Å². The molecule has 27 heavy (non-hydrogen) atoms. The Hall–Kier alpha value is -3.10. The zero-order valence-electron chi connectivity index (χ0n) is 14.6. The van der Waals surface area contributed by atoms with Crippen LogP contribution in [0, 0.1) is 13.5 Å². The van der Waals surface area contributed by atoms with Crippen LogP contribution in [0.1, 0.15) is 11.3 Å². The van der Waals surface area contributed by atoms with Gasteiger partial charge in [0.1, 0.15) is 0 Å². The summed E-state index contributed by atoms with van der Waals surface area (Å²) in [5, 5.41) is 0.